The van der Waals surface area contributed by atoms with Crippen molar-refractivity contribution >= 4 is 36.2 Å². The van der Waals surface area contributed by atoms with Gasteiger partial charge >= 0.3 is 18.0 Å². The van der Waals surface area contributed by atoms with Crippen LogP contribution >= 0.6 is 22.6 Å². The normalized spacial score (nSPS) is 15.5. The fourth-order valence-electron chi connectivity index (χ4n) is 1.75. The van der Waals surface area contributed by atoms with Crippen LogP contribution in [0.3, 0.4) is 0 Å². The zero-order chi connectivity index (χ0) is 19.7. The summed E-state index contributed by atoms with van der Waals surface area (Å²) in [7, 11) is -1.92. The number of allylic oxidation sites excluding steroid dienone is 3. The topological polar surface area (TPSA) is 0 Å². The van der Waals surface area contributed by atoms with Gasteiger partial charge in [0.2, 0.25) is 0 Å². The molecule has 0 aliphatic carbocycles. The van der Waals surface area contributed by atoms with Gasteiger partial charge in [0.25, 0.3) is 0 Å². The highest BCUT2D eigenvalue weighted by Gasteiger charge is 2.74. The van der Waals surface area contributed by atoms with E-state index in [0.717, 1.165) is 12.1 Å². The van der Waals surface area contributed by atoms with E-state index >= 15 is 0 Å². The summed E-state index contributed by atoms with van der Waals surface area (Å²) in [6, 6.07) is 6.17. The van der Waals surface area contributed by atoms with Gasteiger partial charge in [-0.1, -0.05) is 84.7 Å². The van der Waals surface area contributed by atoms with E-state index in [1.807, 2.05) is 42.2 Å². The summed E-state index contributed by atoms with van der Waals surface area (Å²) in [5.74, 6) is -11.6. The van der Waals surface area contributed by atoms with Gasteiger partial charge in [-0.15, -0.1) is 0 Å². The Hall–Kier alpha value is -0.843. The number of rotatable bonds is 5. The Kier molecular flexibility index (Phi) is 6.58. The van der Waals surface area contributed by atoms with Crippen LogP contribution < -0.4 is 0 Å². The maximum absolute atomic E-state index is 14.2. The summed E-state index contributed by atoms with van der Waals surface area (Å²) in [5.41, 5.74) is -1.77. The molecule has 9 heteroatoms. The van der Waals surface area contributed by atoms with Crippen LogP contribution in [0.25, 0.3) is 5.57 Å². The fraction of sp³-hybridized carbons (Fsp3) is 0.375. The highest BCUT2D eigenvalue weighted by Crippen LogP contribution is 2.52. The van der Waals surface area contributed by atoms with Crippen molar-refractivity contribution in [2.45, 2.75) is 37.7 Å². The first-order valence-electron chi connectivity index (χ1n) is 7.08. The Labute approximate surface area is 156 Å². The molecule has 0 amide bonds. The number of benzene rings is 1. The van der Waals surface area contributed by atoms with E-state index < -0.39 is 37.2 Å². The molecule has 0 aliphatic heterocycles. The van der Waals surface area contributed by atoms with Gasteiger partial charge in [0.05, 0.1) is 8.07 Å². The molecule has 0 fully saturated rings. The van der Waals surface area contributed by atoms with Crippen molar-refractivity contribution in [1.82, 2.24) is 0 Å². The second-order valence-corrected chi connectivity index (χ2v) is 13.6. The first-order chi connectivity index (χ1) is 11.1. The molecule has 0 N–H and O–H groups in total. The molecule has 1 aromatic carbocycles. The average Bonchev–Trinajstić information content (AvgIpc) is 2.45. The van der Waals surface area contributed by atoms with Crippen LogP contribution in [0.15, 0.2) is 45.7 Å². The van der Waals surface area contributed by atoms with Gasteiger partial charge in [0.1, 0.15) is 0 Å². The molecule has 0 bridgehead atoms. The van der Waals surface area contributed by atoms with E-state index in [9.17, 15) is 30.7 Å². The fourth-order valence-corrected chi connectivity index (χ4v) is 2.52. The lowest BCUT2D eigenvalue weighted by atomic mass is 9.94. The molecule has 0 unspecified atom stereocenters. The molecule has 0 heterocycles. The Morgan fingerprint density at radius 3 is 1.76 bits per heavy atom. The Bertz CT molecular complexity index is 655. The molecule has 0 spiro atoms. The summed E-state index contributed by atoms with van der Waals surface area (Å²) in [6.45, 7) is 5.68. The molecule has 140 valence electrons. The minimum absolute atomic E-state index is 0.396. The van der Waals surface area contributed by atoms with Crippen molar-refractivity contribution in [1.29, 1.82) is 0 Å². The van der Waals surface area contributed by atoms with Crippen LogP contribution in [0.4, 0.5) is 30.7 Å². The largest absolute Gasteiger partial charge is 0.460 e. The quantitative estimate of drug-likeness (QED) is 0.177. The summed E-state index contributed by atoms with van der Waals surface area (Å²) in [4.78, 5) is 0. The average molecular weight is 496 g/mol. The minimum atomic E-state index is -6.37. The minimum Gasteiger partial charge on any atom is -0.194 e. The van der Waals surface area contributed by atoms with E-state index in [1.165, 1.54) is 24.3 Å². The smallest absolute Gasteiger partial charge is 0.194 e. The highest BCUT2D eigenvalue weighted by molar-refractivity contribution is 14.1. The Morgan fingerprint density at radius 2 is 1.36 bits per heavy atom. The van der Waals surface area contributed by atoms with E-state index in [4.69, 9.17) is 0 Å². The molecule has 0 aliphatic rings. The molecular formula is C16H16F7ISi. The lowest BCUT2D eigenvalue weighted by Crippen LogP contribution is -2.52. The number of halogens is 8. The van der Waals surface area contributed by atoms with E-state index in [-0.39, 0.29) is 0 Å². The van der Waals surface area contributed by atoms with Gasteiger partial charge in [-0.2, -0.15) is 30.7 Å². The number of alkyl halides is 7. The molecule has 0 saturated heterocycles. The van der Waals surface area contributed by atoms with E-state index in [0.29, 0.717) is 9.28 Å². The van der Waals surface area contributed by atoms with Crippen LogP contribution in [0.1, 0.15) is 5.56 Å². The standard InChI is InChI=1S/C16H16F7ISi/c1-25(2,3)13(24)10-9-12(11-7-5-4-6-8-11)14(17,18)15(19,20)16(21,22)23/h4-10H,1-3H3/b12-9-,13-10+. The number of hydrogen-bond donors (Lipinski definition) is 0. The molecule has 0 atom stereocenters. The van der Waals surface area contributed by atoms with E-state index in [1.54, 1.807) is 0 Å². The molecule has 0 radical (unpaired) electrons. The monoisotopic (exact) mass is 496 g/mol. The first-order valence-corrected chi connectivity index (χ1v) is 11.7. The SMILES string of the molecule is C[Si](C)(C)/C(I)=C/C=C(/c1ccccc1)C(F)(F)C(F)(F)C(F)(F)F. The predicted octanol–water partition coefficient (Wildman–Crippen LogP) is 7.10. The summed E-state index contributed by atoms with van der Waals surface area (Å²) in [5, 5.41) is 0. The number of hydrogen-bond acceptors (Lipinski definition) is 0. The zero-order valence-electron chi connectivity index (χ0n) is 13.6. The molecule has 1 aromatic rings. The van der Waals surface area contributed by atoms with Crippen LogP contribution in [0, 0.1) is 0 Å². The lowest BCUT2D eigenvalue weighted by molar-refractivity contribution is -0.338. The van der Waals surface area contributed by atoms with Crippen molar-refractivity contribution in [3.63, 3.8) is 0 Å². The van der Waals surface area contributed by atoms with Crippen molar-refractivity contribution in [2.24, 2.45) is 0 Å². The predicted molar refractivity (Wildman–Crippen MR) is 95.8 cm³/mol. The summed E-state index contributed by atoms with van der Waals surface area (Å²) in [6.07, 6.45) is -4.52. The molecule has 0 aromatic heterocycles. The lowest BCUT2D eigenvalue weighted by Gasteiger charge is -2.30. The van der Waals surface area contributed by atoms with Crippen LogP contribution in [-0.2, 0) is 0 Å². The second-order valence-electron chi connectivity index (χ2n) is 6.36. The maximum Gasteiger partial charge on any atom is 0.460 e. The molecular weight excluding hydrogens is 480 g/mol. The first kappa shape index (κ1) is 22.2. The Morgan fingerprint density at radius 1 is 0.880 bits per heavy atom. The Balaban J connectivity index is 3.59. The van der Waals surface area contributed by atoms with Crippen LogP contribution in [0.5, 0.6) is 0 Å². The third-order valence-electron chi connectivity index (χ3n) is 3.29. The third kappa shape index (κ3) is 4.87. The van der Waals surface area contributed by atoms with Crippen molar-refractivity contribution in [3.05, 3.63) is 51.3 Å². The van der Waals surface area contributed by atoms with Gasteiger partial charge in [-0.3, -0.25) is 0 Å². The van der Waals surface area contributed by atoms with Gasteiger partial charge in [0, 0.05) is 5.57 Å². The third-order valence-corrected chi connectivity index (χ3v) is 10.1. The van der Waals surface area contributed by atoms with Gasteiger partial charge in [-0.25, -0.2) is 0 Å². The van der Waals surface area contributed by atoms with E-state index in [2.05, 4.69) is 0 Å². The second kappa shape index (κ2) is 7.41. The van der Waals surface area contributed by atoms with Crippen LogP contribution in [-0.4, -0.2) is 26.1 Å². The maximum atomic E-state index is 14.2. The van der Waals surface area contributed by atoms with Gasteiger partial charge in [0.15, 0.2) is 0 Å². The molecule has 0 saturated carbocycles. The van der Waals surface area contributed by atoms with Gasteiger partial charge < -0.3 is 0 Å². The summed E-state index contributed by atoms with van der Waals surface area (Å²) >= 11 is 1.89. The summed E-state index contributed by atoms with van der Waals surface area (Å²) < 4.78 is 93.7. The van der Waals surface area contributed by atoms with Crippen molar-refractivity contribution in [3.8, 4) is 0 Å². The van der Waals surface area contributed by atoms with Crippen LogP contribution in [0.2, 0.25) is 19.6 Å². The highest BCUT2D eigenvalue weighted by atomic mass is 127. The van der Waals surface area contributed by atoms with Crippen molar-refractivity contribution < 1.29 is 30.7 Å². The van der Waals surface area contributed by atoms with Crippen molar-refractivity contribution in [2.75, 3.05) is 0 Å². The molecule has 0 nitrogen and oxygen atoms in total. The zero-order valence-corrected chi connectivity index (χ0v) is 16.7. The van der Waals surface area contributed by atoms with Gasteiger partial charge in [-0.05, 0) is 8.77 Å². The molecule has 1 rings (SSSR count). The molecule has 25 heavy (non-hydrogen) atoms.